The third-order valence-electron chi connectivity index (χ3n) is 3.14. The van der Waals surface area contributed by atoms with Gasteiger partial charge in [-0.2, -0.15) is 0 Å². The molecule has 2 aromatic carbocycles. The first kappa shape index (κ1) is 14.6. The van der Waals surface area contributed by atoms with E-state index in [0.717, 1.165) is 5.69 Å². The first-order valence-electron chi connectivity index (χ1n) is 6.25. The maximum atomic E-state index is 13.8. The van der Waals surface area contributed by atoms with Crippen molar-refractivity contribution in [1.29, 1.82) is 0 Å². The summed E-state index contributed by atoms with van der Waals surface area (Å²) in [5.74, 6) is 0.108. The molecule has 0 aliphatic carbocycles. The molecule has 1 heterocycles. The zero-order valence-electron chi connectivity index (χ0n) is 10.9. The molecule has 0 aliphatic heterocycles. The van der Waals surface area contributed by atoms with Crippen LogP contribution in [0.1, 0.15) is 18.1 Å². The van der Waals surface area contributed by atoms with Gasteiger partial charge in [-0.1, -0.05) is 29.3 Å². The Morgan fingerprint density at radius 1 is 1.19 bits per heavy atom. The topological polar surface area (TPSA) is 17.8 Å². The number of halogens is 4. The van der Waals surface area contributed by atoms with Crippen molar-refractivity contribution in [2.75, 3.05) is 0 Å². The molecule has 0 bridgehead atoms. The Bertz CT molecular complexity index is 827. The summed E-state index contributed by atoms with van der Waals surface area (Å²) >= 11 is 18.1. The first-order chi connectivity index (χ1) is 9.97. The third kappa shape index (κ3) is 2.61. The van der Waals surface area contributed by atoms with E-state index < -0.39 is 5.82 Å². The van der Waals surface area contributed by atoms with Crippen molar-refractivity contribution in [2.45, 2.75) is 12.3 Å². The largest absolute Gasteiger partial charge is 0.295 e. The molecule has 0 saturated heterocycles. The molecular weight excluding hydrogens is 334 g/mol. The lowest BCUT2D eigenvalue weighted by molar-refractivity contribution is 0.629. The molecule has 0 N–H and O–H groups in total. The molecule has 0 spiro atoms. The van der Waals surface area contributed by atoms with Crippen molar-refractivity contribution in [3.8, 4) is 5.69 Å². The summed E-state index contributed by atoms with van der Waals surface area (Å²) in [5, 5.41) is 0.266. The predicted molar refractivity (Wildman–Crippen MR) is 85.3 cm³/mol. The fraction of sp³-hybridized carbons (Fsp3) is 0.133. The highest BCUT2D eigenvalue weighted by atomic mass is 35.5. The van der Waals surface area contributed by atoms with Crippen LogP contribution in [-0.4, -0.2) is 9.55 Å². The van der Waals surface area contributed by atoms with Crippen LogP contribution in [0.25, 0.3) is 16.7 Å². The summed E-state index contributed by atoms with van der Waals surface area (Å²) in [6.45, 7) is 1.81. The zero-order chi connectivity index (χ0) is 15.1. The SMILES string of the molecule is CC(Cl)c1nc2cc(Cl)c(F)cc2n1-c1cccc(Cl)c1. The highest BCUT2D eigenvalue weighted by Gasteiger charge is 2.18. The van der Waals surface area contributed by atoms with E-state index in [9.17, 15) is 4.39 Å². The lowest BCUT2D eigenvalue weighted by atomic mass is 10.2. The van der Waals surface area contributed by atoms with Crippen LogP contribution in [-0.2, 0) is 0 Å². The second kappa shape index (κ2) is 5.48. The molecule has 1 unspecified atom stereocenters. The van der Waals surface area contributed by atoms with Crippen LogP contribution in [0.4, 0.5) is 4.39 Å². The second-order valence-corrected chi connectivity index (χ2v) is 6.15. The van der Waals surface area contributed by atoms with Crippen LogP contribution in [0.5, 0.6) is 0 Å². The van der Waals surface area contributed by atoms with Crippen molar-refractivity contribution < 1.29 is 4.39 Å². The highest BCUT2D eigenvalue weighted by molar-refractivity contribution is 6.31. The lowest BCUT2D eigenvalue weighted by Gasteiger charge is -2.11. The Morgan fingerprint density at radius 2 is 1.95 bits per heavy atom. The van der Waals surface area contributed by atoms with Crippen molar-refractivity contribution in [1.82, 2.24) is 9.55 Å². The average Bonchev–Trinajstić information content (AvgIpc) is 2.78. The van der Waals surface area contributed by atoms with Gasteiger partial charge in [0.05, 0.1) is 21.4 Å². The molecule has 2 nitrogen and oxygen atoms in total. The smallest absolute Gasteiger partial charge is 0.144 e. The molecule has 0 amide bonds. The predicted octanol–water partition coefficient (Wildman–Crippen LogP) is 5.77. The van der Waals surface area contributed by atoms with E-state index in [1.54, 1.807) is 16.7 Å². The van der Waals surface area contributed by atoms with E-state index in [4.69, 9.17) is 34.8 Å². The monoisotopic (exact) mass is 342 g/mol. The Morgan fingerprint density at radius 3 is 2.62 bits per heavy atom. The molecule has 1 atom stereocenters. The average molecular weight is 344 g/mol. The van der Waals surface area contributed by atoms with Crippen molar-refractivity contribution >= 4 is 45.8 Å². The molecule has 21 heavy (non-hydrogen) atoms. The normalized spacial score (nSPS) is 12.8. The van der Waals surface area contributed by atoms with E-state index in [1.807, 2.05) is 19.1 Å². The van der Waals surface area contributed by atoms with Crippen molar-refractivity contribution in [3.05, 3.63) is 58.1 Å². The summed E-state index contributed by atoms with van der Waals surface area (Å²) in [4.78, 5) is 4.46. The number of imidazole rings is 1. The molecule has 0 aliphatic rings. The number of alkyl halides is 1. The molecule has 108 valence electrons. The minimum atomic E-state index is -0.499. The van der Waals surface area contributed by atoms with Gasteiger partial charge in [-0.15, -0.1) is 11.6 Å². The molecule has 6 heteroatoms. The zero-order valence-corrected chi connectivity index (χ0v) is 13.2. The van der Waals surface area contributed by atoms with Crippen LogP contribution in [0.15, 0.2) is 36.4 Å². The summed E-state index contributed by atoms with van der Waals surface area (Å²) in [7, 11) is 0. The van der Waals surface area contributed by atoms with Gasteiger partial charge in [0, 0.05) is 16.8 Å². The van der Waals surface area contributed by atoms with E-state index in [-0.39, 0.29) is 10.4 Å². The van der Waals surface area contributed by atoms with Crippen LogP contribution < -0.4 is 0 Å². The summed E-state index contributed by atoms with van der Waals surface area (Å²) in [6, 6.07) is 10.1. The van der Waals surface area contributed by atoms with Crippen molar-refractivity contribution in [3.63, 3.8) is 0 Å². The summed E-state index contributed by atoms with van der Waals surface area (Å²) in [6.07, 6.45) is 0. The minimum absolute atomic E-state index is 0.0343. The van der Waals surface area contributed by atoms with Gasteiger partial charge >= 0.3 is 0 Å². The molecular formula is C15H10Cl3FN2. The Balaban J connectivity index is 2.38. The molecule has 3 aromatic rings. The van der Waals surface area contributed by atoms with Crippen LogP contribution in [0, 0.1) is 5.82 Å². The van der Waals surface area contributed by atoms with Gasteiger partial charge in [0.15, 0.2) is 0 Å². The maximum absolute atomic E-state index is 13.8. The van der Waals surface area contributed by atoms with Gasteiger partial charge in [0.2, 0.25) is 0 Å². The number of fused-ring (bicyclic) bond motifs is 1. The van der Waals surface area contributed by atoms with E-state index in [1.165, 1.54) is 12.1 Å². The standard InChI is InChI=1S/C15H10Cl3FN2/c1-8(16)15-20-13-6-11(18)12(19)7-14(13)21(15)10-4-2-3-9(17)5-10/h2-8H,1H3. The van der Waals surface area contributed by atoms with Crippen LogP contribution >= 0.6 is 34.8 Å². The van der Waals surface area contributed by atoms with Gasteiger partial charge in [-0.25, -0.2) is 9.37 Å². The third-order valence-corrected chi connectivity index (χ3v) is 3.86. The minimum Gasteiger partial charge on any atom is -0.295 e. The number of rotatable bonds is 2. The fourth-order valence-electron chi connectivity index (χ4n) is 2.24. The van der Waals surface area contributed by atoms with Gasteiger partial charge in [-0.05, 0) is 31.2 Å². The van der Waals surface area contributed by atoms with Gasteiger partial charge in [0.25, 0.3) is 0 Å². The van der Waals surface area contributed by atoms with E-state index in [0.29, 0.717) is 21.9 Å². The Labute approximate surface area is 136 Å². The number of hydrogen-bond donors (Lipinski definition) is 0. The summed E-state index contributed by atoms with van der Waals surface area (Å²) in [5.41, 5.74) is 1.96. The maximum Gasteiger partial charge on any atom is 0.144 e. The number of aromatic nitrogens is 2. The Kier molecular flexibility index (Phi) is 3.82. The molecule has 0 saturated carbocycles. The number of benzene rings is 2. The van der Waals surface area contributed by atoms with E-state index in [2.05, 4.69) is 4.98 Å². The molecule has 3 rings (SSSR count). The van der Waals surface area contributed by atoms with E-state index >= 15 is 0 Å². The fourth-order valence-corrected chi connectivity index (χ4v) is 2.73. The first-order valence-corrected chi connectivity index (χ1v) is 7.44. The van der Waals surface area contributed by atoms with Crippen LogP contribution in [0.3, 0.4) is 0 Å². The second-order valence-electron chi connectivity index (χ2n) is 4.66. The summed E-state index contributed by atoms with van der Waals surface area (Å²) < 4.78 is 15.6. The number of hydrogen-bond acceptors (Lipinski definition) is 1. The molecule has 1 aromatic heterocycles. The number of nitrogens with zero attached hydrogens (tertiary/aromatic N) is 2. The molecule has 0 radical (unpaired) electrons. The lowest BCUT2D eigenvalue weighted by Crippen LogP contribution is -2.01. The van der Waals surface area contributed by atoms with Crippen LogP contribution in [0.2, 0.25) is 10.0 Å². The quantitative estimate of drug-likeness (QED) is 0.540. The van der Waals surface area contributed by atoms with Gasteiger partial charge in [0.1, 0.15) is 11.6 Å². The Hall–Kier alpha value is -1.29. The van der Waals surface area contributed by atoms with Gasteiger partial charge in [-0.3, -0.25) is 4.57 Å². The molecule has 0 fully saturated rings. The van der Waals surface area contributed by atoms with Crippen molar-refractivity contribution in [2.24, 2.45) is 0 Å². The van der Waals surface area contributed by atoms with Gasteiger partial charge < -0.3 is 0 Å². The highest BCUT2D eigenvalue weighted by Crippen LogP contribution is 2.31.